The highest BCUT2D eigenvalue weighted by atomic mass is 16.5. The van der Waals surface area contributed by atoms with Crippen LogP contribution in [-0.2, 0) is 16.0 Å². The molecular weight excluding hydrogens is 316 g/mol. The van der Waals surface area contributed by atoms with Gasteiger partial charge >= 0.3 is 5.97 Å². The summed E-state index contributed by atoms with van der Waals surface area (Å²) >= 11 is 0. The third kappa shape index (κ3) is 4.69. The molecule has 0 spiro atoms. The van der Waals surface area contributed by atoms with Gasteiger partial charge in [0.15, 0.2) is 11.7 Å². The lowest BCUT2D eigenvalue weighted by molar-refractivity contribution is -0.148. The number of hydrogen-bond acceptors (Lipinski definition) is 5. The summed E-state index contributed by atoms with van der Waals surface area (Å²) in [6.45, 7) is 2.05. The standard InChI is InChI=1S/C20H26N2O3/c1-14-4-6-15(7-5-14)18-13-21-19(25-18)10-11-20(23)24-17-9-8-16(12-17)22(2)3/h4-7,13,16-17H,8-12H2,1-3H3. The minimum absolute atomic E-state index is 0.0487. The van der Waals surface area contributed by atoms with Crippen molar-refractivity contribution in [2.24, 2.45) is 0 Å². The first kappa shape index (κ1) is 17.7. The van der Waals surface area contributed by atoms with Gasteiger partial charge in [-0.3, -0.25) is 4.79 Å². The molecule has 0 saturated heterocycles. The predicted molar refractivity (Wildman–Crippen MR) is 96.2 cm³/mol. The van der Waals surface area contributed by atoms with Gasteiger partial charge in [-0.1, -0.05) is 29.8 Å². The predicted octanol–water partition coefficient (Wildman–Crippen LogP) is 3.61. The van der Waals surface area contributed by atoms with Gasteiger partial charge in [-0.05, 0) is 40.3 Å². The summed E-state index contributed by atoms with van der Waals surface area (Å²) < 4.78 is 11.3. The fourth-order valence-electron chi connectivity index (χ4n) is 3.22. The summed E-state index contributed by atoms with van der Waals surface area (Å²) in [5, 5.41) is 0. The Hall–Kier alpha value is -2.14. The Balaban J connectivity index is 1.47. The van der Waals surface area contributed by atoms with E-state index in [9.17, 15) is 4.79 Å². The van der Waals surface area contributed by atoms with E-state index in [1.54, 1.807) is 6.20 Å². The van der Waals surface area contributed by atoms with Gasteiger partial charge in [0.25, 0.3) is 0 Å². The van der Waals surface area contributed by atoms with E-state index < -0.39 is 0 Å². The summed E-state index contributed by atoms with van der Waals surface area (Å²) in [6, 6.07) is 8.61. The van der Waals surface area contributed by atoms with Crippen LogP contribution >= 0.6 is 0 Å². The van der Waals surface area contributed by atoms with Crippen molar-refractivity contribution < 1.29 is 13.9 Å². The first-order chi connectivity index (χ1) is 12.0. The molecule has 1 saturated carbocycles. The number of esters is 1. The molecule has 2 aromatic rings. The largest absolute Gasteiger partial charge is 0.462 e. The van der Waals surface area contributed by atoms with Gasteiger partial charge in [-0.15, -0.1) is 0 Å². The molecule has 0 bridgehead atoms. The second-order valence-corrected chi connectivity index (χ2v) is 7.03. The lowest BCUT2D eigenvalue weighted by Gasteiger charge is -2.18. The first-order valence-electron chi connectivity index (χ1n) is 8.89. The third-order valence-corrected chi connectivity index (χ3v) is 4.82. The second kappa shape index (κ2) is 7.83. The van der Waals surface area contributed by atoms with Crippen LogP contribution in [0.25, 0.3) is 11.3 Å². The highest BCUT2D eigenvalue weighted by Gasteiger charge is 2.28. The van der Waals surface area contributed by atoms with E-state index in [0.29, 0.717) is 24.8 Å². The second-order valence-electron chi connectivity index (χ2n) is 7.03. The van der Waals surface area contributed by atoms with E-state index in [2.05, 4.69) is 24.0 Å². The Kier molecular flexibility index (Phi) is 5.53. The van der Waals surface area contributed by atoms with E-state index in [4.69, 9.17) is 9.15 Å². The molecule has 5 heteroatoms. The van der Waals surface area contributed by atoms with Gasteiger partial charge in [0, 0.05) is 18.0 Å². The van der Waals surface area contributed by atoms with Gasteiger partial charge in [0.1, 0.15) is 6.10 Å². The Labute approximate surface area is 149 Å². The fourth-order valence-corrected chi connectivity index (χ4v) is 3.22. The van der Waals surface area contributed by atoms with Crippen molar-refractivity contribution in [3.63, 3.8) is 0 Å². The van der Waals surface area contributed by atoms with Crippen LogP contribution in [0.1, 0.15) is 37.1 Å². The van der Waals surface area contributed by atoms with E-state index >= 15 is 0 Å². The number of hydrogen-bond donors (Lipinski definition) is 0. The average Bonchev–Trinajstić information content (AvgIpc) is 3.23. The molecule has 134 valence electrons. The summed E-state index contributed by atoms with van der Waals surface area (Å²) in [5.74, 6) is 1.14. The highest BCUT2D eigenvalue weighted by Crippen LogP contribution is 2.26. The van der Waals surface area contributed by atoms with Gasteiger partial charge in [0.05, 0.1) is 12.6 Å². The van der Waals surface area contributed by atoms with Crippen molar-refractivity contribution in [2.45, 2.75) is 51.2 Å². The van der Waals surface area contributed by atoms with Crippen LogP contribution in [0, 0.1) is 6.92 Å². The van der Waals surface area contributed by atoms with Crippen molar-refractivity contribution in [1.29, 1.82) is 0 Å². The molecule has 1 aliphatic carbocycles. The number of carbonyl (C=O) groups is 1. The van der Waals surface area contributed by atoms with Crippen LogP contribution in [0.5, 0.6) is 0 Å². The average molecular weight is 342 g/mol. The molecule has 0 amide bonds. The van der Waals surface area contributed by atoms with Crippen LogP contribution in [0.2, 0.25) is 0 Å². The number of aryl methyl sites for hydroxylation is 2. The Morgan fingerprint density at radius 2 is 2.04 bits per heavy atom. The van der Waals surface area contributed by atoms with E-state index in [1.807, 2.05) is 31.2 Å². The van der Waals surface area contributed by atoms with E-state index in [1.165, 1.54) is 5.56 Å². The molecule has 3 rings (SSSR count). The van der Waals surface area contributed by atoms with Gasteiger partial charge in [0.2, 0.25) is 0 Å². The fraction of sp³-hybridized carbons (Fsp3) is 0.500. The first-order valence-corrected chi connectivity index (χ1v) is 8.89. The topological polar surface area (TPSA) is 55.6 Å². The van der Waals surface area contributed by atoms with Gasteiger partial charge in [-0.2, -0.15) is 0 Å². The van der Waals surface area contributed by atoms with Crippen molar-refractivity contribution in [3.8, 4) is 11.3 Å². The quantitative estimate of drug-likeness (QED) is 0.751. The molecule has 0 radical (unpaired) electrons. The summed E-state index contributed by atoms with van der Waals surface area (Å²) in [4.78, 5) is 18.5. The maximum Gasteiger partial charge on any atom is 0.306 e. The molecule has 0 aliphatic heterocycles. The van der Waals surface area contributed by atoms with Crippen molar-refractivity contribution in [2.75, 3.05) is 14.1 Å². The number of carbonyl (C=O) groups excluding carboxylic acids is 1. The molecular formula is C20H26N2O3. The molecule has 2 atom stereocenters. The van der Waals surface area contributed by atoms with Crippen molar-refractivity contribution in [1.82, 2.24) is 9.88 Å². The van der Waals surface area contributed by atoms with Crippen LogP contribution in [0.4, 0.5) is 0 Å². The lowest BCUT2D eigenvalue weighted by atomic mass is 10.1. The SMILES string of the molecule is Cc1ccc(-c2cnc(CCC(=O)OC3CCC(N(C)C)C3)o2)cc1. The molecule has 1 aromatic heterocycles. The zero-order chi connectivity index (χ0) is 17.8. The number of rotatable bonds is 6. The monoisotopic (exact) mass is 342 g/mol. The minimum atomic E-state index is -0.167. The van der Waals surface area contributed by atoms with E-state index in [0.717, 1.165) is 30.6 Å². The number of ether oxygens (including phenoxy) is 1. The molecule has 25 heavy (non-hydrogen) atoms. The summed E-state index contributed by atoms with van der Waals surface area (Å²) in [6.07, 6.45) is 5.49. The Bertz CT molecular complexity index is 706. The third-order valence-electron chi connectivity index (χ3n) is 4.82. The molecule has 5 nitrogen and oxygen atoms in total. The number of aromatic nitrogens is 1. The molecule has 1 aromatic carbocycles. The molecule has 1 fully saturated rings. The maximum atomic E-state index is 12.1. The lowest BCUT2D eigenvalue weighted by Crippen LogP contribution is -2.26. The Morgan fingerprint density at radius 1 is 1.28 bits per heavy atom. The van der Waals surface area contributed by atoms with Crippen molar-refractivity contribution in [3.05, 3.63) is 41.9 Å². The van der Waals surface area contributed by atoms with Crippen LogP contribution in [-0.4, -0.2) is 42.1 Å². The highest BCUT2D eigenvalue weighted by molar-refractivity contribution is 5.69. The van der Waals surface area contributed by atoms with Gasteiger partial charge in [-0.25, -0.2) is 4.98 Å². The Morgan fingerprint density at radius 3 is 2.72 bits per heavy atom. The van der Waals surface area contributed by atoms with Crippen LogP contribution in [0.15, 0.2) is 34.9 Å². The molecule has 1 heterocycles. The van der Waals surface area contributed by atoms with Crippen LogP contribution < -0.4 is 0 Å². The number of nitrogens with zero attached hydrogens (tertiary/aromatic N) is 2. The van der Waals surface area contributed by atoms with Crippen LogP contribution in [0.3, 0.4) is 0 Å². The number of oxazole rings is 1. The van der Waals surface area contributed by atoms with E-state index in [-0.39, 0.29) is 12.1 Å². The minimum Gasteiger partial charge on any atom is -0.462 e. The molecule has 2 unspecified atom stereocenters. The number of benzene rings is 1. The maximum absolute atomic E-state index is 12.1. The van der Waals surface area contributed by atoms with Crippen molar-refractivity contribution >= 4 is 5.97 Å². The molecule has 1 aliphatic rings. The normalized spacial score (nSPS) is 20.2. The van der Waals surface area contributed by atoms with Gasteiger partial charge < -0.3 is 14.1 Å². The summed E-state index contributed by atoms with van der Waals surface area (Å²) in [7, 11) is 4.14. The smallest absolute Gasteiger partial charge is 0.306 e. The zero-order valence-corrected chi connectivity index (χ0v) is 15.2. The summed E-state index contributed by atoms with van der Waals surface area (Å²) in [5.41, 5.74) is 2.20. The zero-order valence-electron chi connectivity index (χ0n) is 15.2. The molecule has 0 N–H and O–H groups in total.